The molecule has 1 heterocycles. The van der Waals surface area contributed by atoms with Crippen molar-refractivity contribution in [3.63, 3.8) is 0 Å². The number of aliphatic carboxylic acids is 1. The lowest BCUT2D eigenvalue weighted by atomic mass is 10.0. The Labute approximate surface area is 109 Å². The fourth-order valence-corrected chi connectivity index (χ4v) is 2.43. The lowest BCUT2D eigenvalue weighted by Gasteiger charge is -2.04. The fraction of sp³-hybridized carbons (Fsp3) is 0.231. The van der Waals surface area contributed by atoms with Crippen LogP contribution in [0.4, 0.5) is 0 Å². The van der Waals surface area contributed by atoms with E-state index in [1.807, 2.05) is 6.92 Å². The summed E-state index contributed by atoms with van der Waals surface area (Å²) in [6, 6.07) is 3.51. The van der Waals surface area contributed by atoms with Crippen LogP contribution in [0, 0.1) is 0 Å². The van der Waals surface area contributed by atoms with Gasteiger partial charge in [0.2, 0.25) is 0 Å². The van der Waals surface area contributed by atoms with Crippen LogP contribution < -0.4 is 0 Å². The monoisotopic (exact) mass is 265 g/mol. The van der Waals surface area contributed by atoms with E-state index in [1.165, 1.54) is 0 Å². The van der Waals surface area contributed by atoms with Gasteiger partial charge in [-0.05, 0) is 29.7 Å². The number of carbonyl (C=O) groups is 2. The van der Waals surface area contributed by atoms with Crippen LogP contribution in [0.5, 0.6) is 0 Å². The Morgan fingerprint density at radius 3 is 2.78 bits per heavy atom. The third-order valence-electron chi connectivity index (χ3n) is 2.91. The first-order valence-corrected chi connectivity index (χ1v) is 5.94. The molecule has 2 aromatic rings. The summed E-state index contributed by atoms with van der Waals surface area (Å²) >= 11 is 5.99. The number of carboxylic acids is 1. The molecule has 0 radical (unpaired) electrons. The maximum atomic E-state index is 11.0. The Morgan fingerprint density at radius 1 is 1.50 bits per heavy atom. The Kier molecular flexibility index (Phi) is 3.39. The predicted molar refractivity (Wildman–Crippen MR) is 69.4 cm³/mol. The van der Waals surface area contributed by atoms with Crippen LogP contribution in [0.25, 0.3) is 10.9 Å². The lowest BCUT2D eigenvalue weighted by molar-refractivity contribution is -0.136. The highest BCUT2D eigenvalue weighted by Crippen LogP contribution is 2.29. The maximum absolute atomic E-state index is 11.0. The number of aromatic nitrogens is 1. The number of carbonyl (C=O) groups excluding carboxylic acids is 1. The van der Waals surface area contributed by atoms with Gasteiger partial charge in [0.1, 0.15) is 0 Å². The second-order valence-corrected chi connectivity index (χ2v) is 4.48. The second-order valence-electron chi connectivity index (χ2n) is 4.05. The molecule has 1 aromatic carbocycles. The number of aromatic amines is 1. The molecule has 5 heteroatoms. The van der Waals surface area contributed by atoms with Crippen molar-refractivity contribution in [1.82, 2.24) is 4.98 Å². The third kappa shape index (κ3) is 2.11. The Balaban J connectivity index is 2.79. The quantitative estimate of drug-likeness (QED) is 0.835. The number of rotatable bonds is 4. The van der Waals surface area contributed by atoms with Gasteiger partial charge in [0.05, 0.1) is 12.1 Å². The van der Waals surface area contributed by atoms with Gasteiger partial charge in [-0.15, -0.1) is 0 Å². The maximum Gasteiger partial charge on any atom is 0.307 e. The molecule has 0 unspecified atom stereocenters. The number of hydrogen-bond acceptors (Lipinski definition) is 2. The summed E-state index contributed by atoms with van der Waals surface area (Å²) in [6.07, 6.45) is 1.19. The van der Waals surface area contributed by atoms with Crippen LogP contribution in [0.15, 0.2) is 12.1 Å². The number of hydrogen-bond donors (Lipinski definition) is 2. The summed E-state index contributed by atoms with van der Waals surface area (Å²) in [5.74, 6) is -0.962. The minimum Gasteiger partial charge on any atom is -0.481 e. The summed E-state index contributed by atoms with van der Waals surface area (Å²) in [7, 11) is 0. The van der Waals surface area contributed by atoms with E-state index in [1.54, 1.807) is 12.1 Å². The topological polar surface area (TPSA) is 70.2 Å². The van der Waals surface area contributed by atoms with E-state index in [-0.39, 0.29) is 6.42 Å². The highest BCUT2D eigenvalue weighted by atomic mass is 35.5. The van der Waals surface area contributed by atoms with Crippen molar-refractivity contribution in [3.05, 3.63) is 34.0 Å². The number of carboxylic acid groups (broad SMARTS) is 1. The number of fused-ring (bicyclic) bond motifs is 1. The van der Waals surface area contributed by atoms with Crippen molar-refractivity contribution in [2.24, 2.45) is 0 Å². The largest absolute Gasteiger partial charge is 0.481 e. The first-order chi connectivity index (χ1) is 8.56. The van der Waals surface area contributed by atoms with Crippen LogP contribution in [0.1, 0.15) is 28.5 Å². The Morgan fingerprint density at radius 2 is 2.22 bits per heavy atom. The number of H-pyrrole nitrogens is 1. The number of aryl methyl sites for hydroxylation is 1. The molecule has 0 saturated heterocycles. The highest BCUT2D eigenvalue weighted by molar-refractivity contribution is 6.31. The average molecular weight is 266 g/mol. The number of nitrogens with one attached hydrogen (secondary N) is 1. The molecular formula is C13H12ClNO3. The first kappa shape index (κ1) is 12.6. The van der Waals surface area contributed by atoms with Gasteiger partial charge in [-0.2, -0.15) is 0 Å². The van der Waals surface area contributed by atoms with Gasteiger partial charge in [0.25, 0.3) is 0 Å². The summed E-state index contributed by atoms with van der Waals surface area (Å²) < 4.78 is 0. The smallest absolute Gasteiger partial charge is 0.307 e. The summed E-state index contributed by atoms with van der Waals surface area (Å²) in [5, 5.41) is 10.3. The third-order valence-corrected chi connectivity index (χ3v) is 3.13. The summed E-state index contributed by atoms with van der Waals surface area (Å²) in [6.45, 7) is 1.96. The van der Waals surface area contributed by atoms with Crippen LogP contribution in [0.3, 0.4) is 0 Å². The number of halogens is 1. The molecule has 1 aromatic heterocycles. The normalized spacial score (nSPS) is 10.8. The van der Waals surface area contributed by atoms with Crippen molar-refractivity contribution >= 4 is 34.8 Å². The van der Waals surface area contributed by atoms with E-state index in [0.717, 1.165) is 17.4 Å². The van der Waals surface area contributed by atoms with E-state index < -0.39 is 5.97 Å². The van der Waals surface area contributed by atoms with E-state index in [9.17, 15) is 9.59 Å². The number of benzene rings is 1. The molecule has 0 aliphatic carbocycles. The highest BCUT2D eigenvalue weighted by Gasteiger charge is 2.17. The van der Waals surface area contributed by atoms with Crippen LogP contribution in [-0.4, -0.2) is 22.3 Å². The molecule has 94 valence electrons. The average Bonchev–Trinajstić information content (AvgIpc) is 2.65. The zero-order chi connectivity index (χ0) is 13.3. The SMILES string of the molecule is CCc1cc(Cl)cc2[nH]c(C=O)c(CC(=O)O)c12. The molecule has 0 aliphatic rings. The van der Waals surface area contributed by atoms with E-state index in [2.05, 4.69) is 4.98 Å². The molecule has 0 saturated carbocycles. The molecular weight excluding hydrogens is 254 g/mol. The Bertz CT molecular complexity index is 631. The van der Waals surface area contributed by atoms with Crippen LogP contribution in [-0.2, 0) is 17.6 Å². The molecule has 2 rings (SSSR count). The van der Waals surface area contributed by atoms with Gasteiger partial charge in [0.15, 0.2) is 6.29 Å². The van der Waals surface area contributed by atoms with Gasteiger partial charge in [-0.3, -0.25) is 9.59 Å². The van der Waals surface area contributed by atoms with Crippen LogP contribution in [0.2, 0.25) is 5.02 Å². The van der Waals surface area contributed by atoms with Gasteiger partial charge >= 0.3 is 5.97 Å². The molecule has 0 atom stereocenters. The van der Waals surface area contributed by atoms with Crippen LogP contribution >= 0.6 is 11.6 Å². The zero-order valence-corrected chi connectivity index (χ0v) is 10.5. The first-order valence-electron chi connectivity index (χ1n) is 5.56. The molecule has 0 spiro atoms. The number of aldehydes is 1. The van der Waals surface area contributed by atoms with Gasteiger partial charge in [-0.1, -0.05) is 18.5 Å². The molecule has 0 amide bonds. The lowest BCUT2D eigenvalue weighted by Crippen LogP contribution is -2.02. The van der Waals surface area contributed by atoms with E-state index in [0.29, 0.717) is 28.1 Å². The Hall–Kier alpha value is -1.81. The standard InChI is InChI=1S/C13H12ClNO3/c1-2-7-3-8(14)4-10-13(7)9(5-12(17)18)11(6-16)15-10/h3-4,6,15H,2,5H2,1H3,(H,17,18). The van der Waals surface area contributed by atoms with Gasteiger partial charge in [-0.25, -0.2) is 0 Å². The molecule has 18 heavy (non-hydrogen) atoms. The van der Waals surface area contributed by atoms with Crippen molar-refractivity contribution in [1.29, 1.82) is 0 Å². The van der Waals surface area contributed by atoms with Crippen molar-refractivity contribution in [2.45, 2.75) is 19.8 Å². The minimum atomic E-state index is -0.962. The van der Waals surface area contributed by atoms with E-state index in [4.69, 9.17) is 16.7 Å². The fourth-order valence-electron chi connectivity index (χ4n) is 2.19. The molecule has 0 fully saturated rings. The van der Waals surface area contributed by atoms with Crippen molar-refractivity contribution in [2.75, 3.05) is 0 Å². The van der Waals surface area contributed by atoms with Crippen molar-refractivity contribution in [3.8, 4) is 0 Å². The minimum absolute atomic E-state index is 0.178. The summed E-state index contributed by atoms with van der Waals surface area (Å²) in [5.41, 5.74) is 2.49. The van der Waals surface area contributed by atoms with Gasteiger partial charge in [0, 0.05) is 15.9 Å². The molecule has 4 nitrogen and oxygen atoms in total. The summed E-state index contributed by atoms with van der Waals surface area (Å²) in [4.78, 5) is 24.8. The van der Waals surface area contributed by atoms with Crippen molar-refractivity contribution < 1.29 is 14.7 Å². The second kappa shape index (κ2) is 4.82. The molecule has 2 N–H and O–H groups in total. The van der Waals surface area contributed by atoms with E-state index >= 15 is 0 Å². The molecule has 0 bridgehead atoms. The molecule has 0 aliphatic heterocycles. The zero-order valence-electron chi connectivity index (χ0n) is 9.79. The predicted octanol–water partition coefficient (Wildman–Crippen LogP) is 2.82. The van der Waals surface area contributed by atoms with Gasteiger partial charge < -0.3 is 10.1 Å².